The maximum atomic E-state index is 11.0. The first-order valence-corrected chi connectivity index (χ1v) is 5.51. The van der Waals surface area contributed by atoms with Gasteiger partial charge in [0.05, 0.1) is 25.7 Å². The lowest BCUT2D eigenvalue weighted by Crippen LogP contribution is -2.50. The molecule has 0 heterocycles. The first-order valence-electron chi connectivity index (χ1n) is 5.51. The highest BCUT2D eigenvalue weighted by atomic mass is 16.5. The minimum atomic E-state index is -1.91. The molecule has 0 saturated carbocycles. The van der Waals surface area contributed by atoms with Crippen LogP contribution < -0.4 is 0 Å². The van der Waals surface area contributed by atoms with Crippen molar-refractivity contribution >= 4 is 5.97 Å². The lowest BCUT2D eigenvalue weighted by molar-refractivity contribution is -0.157. The van der Waals surface area contributed by atoms with E-state index < -0.39 is 49.5 Å². The van der Waals surface area contributed by atoms with Gasteiger partial charge in [0.1, 0.15) is 24.4 Å². The van der Waals surface area contributed by atoms with E-state index in [2.05, 4.69) is 4.74 Å². The van der Waals surface area contributed by atoms with Crippen LogP contribution in [0.4, 0.5) is 0 Å². The molecule has 0 aliphatic rings. The van der Waals surface area contributed by atoms with Crippen LogP contribution >= 0.6 is 0 Å². The van der Waals surface area contributed by atoms with Crippen molar-refractivity contribution in [3.63, 3.8) is 0 Å². The number of hydrogen-bond acceptors (Lipinski definition) is 8. The number of carbonyl (C=O) groups is 1. The quantitative estimate of drug-likeness (QED) is 0.251. The molecule has 0 radical (unpaired) electrons. The zero-order chi connectivity index (χ0) is 14.3. The summed E-state index contributed by atoms with van der Waals surface area (Å²) in [6.07, 6.45) is -9.48. The van der Waals surface area contributed by atoms with Gasteiger partial charge in [0.15, 0.2) is 0 Å². The Morgan fingerprint density at radius 2 is 1.50 bits per heavy atom. The summed E-state index contributed by atoms with van der Waals surface area (Å²) < 4.78 is 4.53. The van der Waals surface area contributed by atoms with Crippen molar-refractivity contribution in [1.82, 2.24) is 0 Å². The molecule has 0 aromatic carbocycles. The van der Waals surface area contributed by atoms with Gasteiger partial charge >= 0.3 is 5.97 Å². The fourth-order valence-corrected chi connectivity index (χ4v) is 1.28. The lowest BCUT2D eigenvalue weighted by atomic mass is 9.98. The number of hydrogen-bond donors (Lipinski definition) is 6. The van der Waals surface area contributed by atoms with Gasteiger partial charge in [-0.05, 0) is 6.92 Å². The van der Waals surface area contributed by atoms with Gasteiger partial charge < -0.3 is 35.4 Å². The molecule has 0 fully saturated rings. The molecule has 0 rings (SSSR count). The molecule has 18 heavy (non-hydrogen) atoms. The molecule has 6 N–H and O–H groups in total. The van der Waals surface area contributed by atoms with Crippen molar-refractivity contribution < 1.29 is 40.2 Å². The van der Waals surface area contributed by atoms with E-state index in [0.717, 1.165) is 0 Å². The molecular formula is C10H20O8. The maximum Gasteiger partial charge on any atom is 0.308 e. The monoisotopic (exact) mass is 268 g/mol. The predicted molar refractivity (Wildman–Crippen MR) is 58.4 cm³/mol. The van der Waals surface area contributed by atoms with Crippen molar-refractivity contribution in [2.24, 2.45) is 0 Å². The van der Waals surface area contributed by atoms with Gasteiger partial charge in [0.2, 0.25) is 0 Å². The SMILES string of the molecule is CCOC(=O)CC(O)[C@@H](O)[C@@H](O)[C@H](O)[C@H](O)CO. The second kappa shape index (κ2) is 8.35. The molecule has 0 bridgehead atoms. The van der Waals surface area contributed by atoms with Crippen LogP contribution in [0.25, 0.3) is 0 Å². The molecule has 108 valence electrons. The van der Waals surface area contributed by atoms with E-state index in [0.29, 0.717) is 0 Å². The van der Waals surface area contributed by atoms with Crippen molar-refractivity contribution in [3.8, 4) is 0 Å². The highest BCUT2D eigenvalue weighted by Crippen LogP contribution is 2.11. The Kier molecular flexibility index (Phi) is 8.00. The number of ether oxygens (including phenoxy) is 1. The average Bonchev–Trinajstić information content (AvgIpc) is 2.35. The second-order valence-electron chi connectivity index (χ2n) is 3.80. The molecule has 0 amide bonds. The minimum absolute atomic E-state index is 0.107. The Morgan fingerprint density at radius 3 is 1.94 bits per heavy atom. The average molecular weight is 268 g/mol. The normalized spacial score (nSPS) is 19.7. The van der Waals surface area contributed by atoms with Crippen LogP contribution in [0.3, 0.4) is 0 Å². The van der Waals surface area contributed by atoms with Crippen molar-refractivity contribution in [2.45, 2.75) is 43.9 Å². The molecule has 0 saturated heterocycles. The van der Waals surface area contributed by atoms with E-state index >= 15 is 0 Å². The second-order valence-corrected chi connectivity index (χ2v) is 3.80. The largest absolute Gasteiger partial charge is 0.466 e. The van der Waals surface area contributed by atoms with Crippen molar-refractivity contribution in [2.75, 3.05) is 13.2 Å². The molecule has 1 unspecified atom stereocenters. The highest BCUT2D eigenvalue weighted by Gasteiger charge is 2.34. The molecule has 5 atom stereocenters. The number of carbonyl (C=O) groups excluding carboxylic acids is 1. The van der Waals surface area contributed by atoms with Gasteiger partial charge in [-0.15, -0.1) is 0 Å². The molecule has 0 spiro atoms. The first kappa shape index (κ1) is 17.2. The Balaban J connectivity index is 4.35. The van der Waals surface area contributed by atoms with Gasteiger partial charge in [-0.3, -0.25) is 4.79 Å². The van der Waals surface area contributed by atoms with Gasteiger partial charge in [0, 0.05) is 0 Å². The summed E-state index contributed by atoms with van der Waals surface area (Å²) in [5.74, 6) is -0.770. The van der Waals surface area contributed by atoms with Crippen LogP contribution in [0.1, 0.15) is 13.3 Å². The maximum absolute atomic E-state index is 11.0. The summed E-state index contributed by atoms with van der Waals surface area (Å²) in [6.45, 7) is 0.853. The standard InChI is InChI=1S/C10H20O8/c1-2-18-7(14)3-5(12)8(15)10(17)9(16)6(13)4-11/h5-6,8-13,15-17H,2-4H2,1H3/t5?,6-,8-,9-,10-/m1/s1. The van der Waals surface area contributed by atoms with E-state index in [-0.39, 0.29) is 6.61 Å². The van der Waals surface area contributed by atoms with Crippen LogP contribution in [-0.2, 0) is 9.53 Å². The van der Waals surface area contributed by atoms with E-state index in [9.17, 15) is 25.2 Å². The molecule has 0 aliphatic carbocycles. The van der Waals surface area contributed by atoms with Crippen LogP contribution in [0.2, 0.25) is 0 Å². The first-order chi connectivity index (χ1) is 8.34. The summed E-state index contributed by atoms with van der Waals surface area (Å²) in [5.41, 5.74) is 0. The molecule has 8 heteroatoms. The predicted octanol–water partition coefficient (Wildman–Crippen LogP) is -3.26. The molecule has 0 aromatic rings. The summed E-state index contributed by atoms with van der Waals surface area (Å²) in [7, 11) is 0. The summed E-state index contributed by atoms with van der Waals surface area (Å²) in [6, 6.07) is 0. The summed E-state index contributed by atoms with van der Waals surface area (Å²) in [5, 5.41) is 55.2. The van der Waals surface area contributed by atoms with E-state index in [4.69, 9.17) is 10.2 Å². The third kappa shape index (κ3) is 5.25. The van der Waals surface area contributed by atoms with Crippen LogP contribution in [-0.4, -0.2) is 80.3 Å². The molecule has 0 aliphatic heterocycles. The summed E-state index contributed by atoms with van der Waals surface area (Å²) in [4.78, 5) is 11.0. The number of aliphatic hydroxyl groups excluding tert-OH is 6. The highest BCUT2D eigenvalue weighted by molar-refractivity contribution is 5.70. The molecular weight excluding hydrogens is 248 g/mol. The topological polar surface area (TPSA) is 148 Å². The Hall–Kier alpha value is -0.770. The zero-order valence-corrected chi connectivity index (χ0v) is 10.0. The number of rotatable bonds is 8. The van der Waals surface area contributed by atoms with Gasteiger partial charge in [-0.25, -0.2) is 0 Å². The van der Waals surface area contributed by atoms with Crippen molar-refractivity contribution in [1.29, 1.82) is 0 Å². The number of esters is 1. The Labute approximate surface area is 104 Å². The minimum Gasteiger partial charge on any atom is -0.466 e. The van der Waals surface area contributed by atoms with Crippen molar-refractivity contribution in [3.05, 3.63) is 0 Å². The van der Waals surface area contributed by atoms with Gasteiger partial charge in [0.25, 0.3) is 0 Å². The Bertz CT molecular complexity index is 246. The molecule has 0 aromatic heterocycles. The van der Waals surface area contributed by atoms with Gasteiger partial charge in [-0.2, -0.15) is 0 Å². The summed E-state index contributed by atoms with van der Waals surface area (Å²) >= 11 is 0. The van der Waals surface area contributed by atoms with E-state index in [1.54, 1.807) is 6.92 Å². The molecule has 8 nitrogen and oxygen atoms in total. The van der Waals surface area contributed by atoms with Crippen LogP contribution in [0, 0.1) is 0 Å². The number of aliphatic hydroxyl groups is 6. The lowest BCUT2D eigenvalue weighted by Gasteiger charge is -2.28. The third-order valence-corrected chi connectivity index (χ3v) is 2.36. The smallest absolute Gasteiger partial charge is 0.308 e. The van der Waals surface area contributed by atoms with E-state index in [1.807, 2.05) is 0 Å². The van der Waals surface area contributed by atoms with Crippen LogP contribution in [0.15, 0.2) is 0 Å². The fraction of sp³-hybridized carbons (Fsp3) is 0.900. The van der Waals surface area contributed by atoms with E-state index in [1.165, 1.54) is 0 Å². The van der Waals surface area contributed by atoms with Crippen LogP contribution in [0.5, 0.6) is 0 Å². The van der Waals surface area contributed by atoms with Gasteiger partial charge in [-0.1, -0.05) is 0 Å². The zero-order valence-electron chi connectivity index (χ0n) is 10.0. The third-order valence-electron chi connectivity index (χ3n) is 2.36. The fourth-order valence-electron chi connectivity index (χ4n) is 1.28. The Morgan fingerprint density at radius 1 is 1.00 bits per heavy atom.